The normalized spacial score (nSPS) is 13.1. The molecular formula is C26H27ClFN3O3S2. The minimum atomic E-state index is -3.96. The van der Waals surface area contributed by atoms with Gasteiger partial charge < -0.3 is 4.90 Å². The van der Waals surface area contributed by atoms with Gasteiger partial charge in [-0.05, 0) is 85.2 Å². The average Bonchev–Trinajstić information content (AvgIpc) is 3.49. The Morgan fingerprint density at radius 1 is 1.19 bits per heavy atom. The lowest BCUT2D eigenvalue weighted by Gasteiger charge is -2.25. The monoisotopic (exact) mass is 547 g/mol. The van der Waals surface area contributed by atoms with Gasteiger partial charge in [-0.2, -0.15) is 5.26 Å². The second-order valence-corrected chi connectivity index (χ2v) is 11.4. The summed E-state index contributed by atoms with van der Waals surface area (Å²) < 4.78 is 41.1. The molecule has 0 amide bonds. The van der Waals surface area contributed by atoms with Gasteiger partial charge in [-0.15, -0.1) is 11.3 Å². The molecule has 0 bridgehead atoms. The molecule has 6 nitrogen and oxygen atoms in total. The van der Waals surface area contributed by atoms with Gasteiger partial charge in [0.05, 0.1) is 21.5 Å². The number of carbonyl (C=O) groups excluding carboxylic acids is 1. The Bertz CT molecular complexity index is 1390. The van der Waals surface area contributed by atoms with E-state index < -0.39 is 15.8 Å². The Morgan fingerprint density at radius 2 is 1.81 bits per heavy atom. The van der Waals surface area contributed by atoms with Crippen molar-refractivity contribution in [1.82, 2.24) is 0 Å². The molecule has 190 valence electrons. The third kappa shape index (κ3) is 6.25. The number of halogens is 2. The number of nitrogens with one attached hydrogen (secondary N) is 1. The van der Waals surface area contributed by atoms with E-state index in [1.807, 2.05) is 19.9 Å². The maximum atomic E-state index is 13.2. The van der Waals surface area contributed by atoms with E-state index >= 15 is 0 Å². The third-order valence-electron chi connectivity index (χ3n) is 5.86. The molecule has 1 aliphatic heterocycles. The van der Waals surface area contributed by atoms with Crippen molar-refractivity contribution < 1.29 is 17.6 Å². The van der Waals surface area contributed by atoms with Crippen LogP contribution in [0.15, 0.2) is 46.7 Å². The Balaban J connectivity index is 0.00000115. The van der Waals surface area contributed by atoms with Crippen LogP contribution in [0, 0.1) is 31.0 Å². The summed E-state index contributed by atoms with van der Waals surface area (Å²) in [4.78, 5) is 15.8. The summed E-state index contributed by atoms with van der Waals surface area (Å²) in [7, 11) is -3.96. The molecule has 1 N–H and O–H groups in total. The van der Waals surface area contributed by atoms with E-state index in [0.29, 0.717) is 9.90 Å². The Hall–Kier alpha value is -2.93. The number of ketones is 1. The van der Waals surface area contributed by atoms with Crippen molar-refractivity contribution in [3.63, 3.8) is 0 Å². The molecule has 10 heteroatoms. The van der Waals surface area contributed by atoms with Gasteiger partial charge in [0.15, 0.2) is 5.78 Å². The number of hydrogen-bond acceptors (Lipinski definition) is 6. The van der Waals surface area contributed by atoms with Crippen molar-refractivity contribution in [3.05, 3.63) is 74.2 Å². The number of nitriles is 1. The summed E-state index contributed by atoms with van der Waals surface area (Å²) in [6.07, 6.45) is 2.35. The smallest absolute Gasteiger partial charge is 0.261 e. The second-order valence-electron chi connectivity index (χ2n) is 8.37. The molecule has 0 aliphatic carbocycles. The molecule has 1 fully saturated rings. The van der Waals surface area contributed by atoms with Crippen LogP contribution in [-0.4, -0.2) is 27.3 Å². The van der Waals surface area contributed by atoms with Gasteiger partial charge in [0.25, 0.3) is 10.0 Å². The van der Waals surface area contributed by atoms with Gasteiger partial charge in [0.1, 0.15) is 5.82 Å². The van der Waals surface area contributed by atoms with Gasteiger partial charge >= 0.3 is 0 Å². The number of hydrogen-bond donors (Lipinski definition) is 1. The molecular weight excluding hydrogens is 521 g/mol. The SMILES string of the molecule is CC#N.Cc1cc(Cl)c(CC(=O)c2sccc2NS(=O)(=O)c2ccc(F)cc2)c(C)c1N1CCCC1. The van der Waals surface area contributed by atoms with Crippen molar-refractivity contribution in [2.45, 2.75) is 44.9 Å². The average molecular weight is 548 g/mol. The number of thiophene rings is 1. The summed E-state index contributed by atoms with van der Waals surface area (Å²) in [5.74, 6) is -0.748. The molecule has 4 rings (SSSR count). The highest BCUT2D eigenvalue weighted by Gasteiger charge is 2.24. The van der Waals surface area contributed by atoms with Crippen molar-refractivity contribution >= 4 is 50.1 Å². The number of benzene rings is 2. The Morgan fingerprint density at radius 3 is 2.42 bits per heavy atom. The first kappa shape index (κ1) is 27.7. The lowest BCUT2D eigenvalue weighted by molar-refractivity contribution is 0.0997. The van der Waals surface area contributed by atoms with E-state index in [9.17, 15) is 17.6 Å². The van der Waals surface area contributed by atoms with Gasteiger partial charge in [0, 0.05) is 37.1 Å². The quantitative estimate of drug-likeness (QED) is 0.340. The molecule has 0 atom stereocenters. The summed E-state index contributed by atoms with van der Waals surface area (Å²) in [5.41, 5.74) is 4.16. The number of nitrogens with zero attached hydrogens (tertiary/aromatic N) is 2. The first-order chi connectivity index (χ1) is 17.1. The van der Waals surface area contributed by atoms with Gasteiger partial charge in [-0.1, -0.05) is 11.6 Å². The van der Waals surface area contributed by atoms with Crippen molar-refractivity contribution in [2.24, 2.45) is 0 Å². The van der Waals surface area contributed by atoms with Crippen LogP contribution in [-0.2, 0) is 16.4 Å². The van der Waals surface area contributed by atoms with Crippen LogP contribution in [0.4, 0.5) is 15.8 Å². The topological polar surface area (TPSA) is 90.3 Å². The summed E-state index contributed by atoms with van der Waals surface area (Å²) in [6.45, 7) is 7.41. The number of rotatable bonds is 7. The highest BCUT2D eigenvalue weighted by atomic mass is 35.5. The summed E-state index contributed by atoms with van der Waals surface area (Å²) >= 11 is 7.72. The molecule has 0 spiro atoms. The van der Waals surface area contributed by atoms with Crippen LogP contribution in [0.3, 0.4) is 0 Å². The molecule has 2 heterocycles. The maximum absolute atomic E-state index is 13.2. The Kier molecular flexibility index (Phi) is 9.12. The third-order valence-corrected chi connectivity index (χ3v) is 8.53. The lowest BCUT2D eigenvalue weighted by Crippen LogP contribution is -2.21. The Labute approximate surface area is 220 Å². The molecule has 3 aromatic rings. The van der Waals surface area contributed by atoms with E-state index in [1.54, 1.807) is 17.5 Å². The first-order valence-corrected chi connectivity index (χ1v) is 14.1. The van der Waals surface area contributed by atoms with Crippen molar-refractivity contribution in [3.8, 4) is 6.07 Å². The van der Waals surface area contributed by atoms with E-state index in [2.05, 4.69) is 9.62 Å². The predicted molar refractivity (Wildman–Crippen MR) is 143 cm³/mol. The van der Waals surface area contributed by atoms with Gasteiger partial charge in [0.2, 0.25) is 0 Å². The fourth-order valence-corrected chi connectivity index (χ4v) is 6.57. The van der Waals surface area contributed by atoms with Crippen molar-refractivity contribution in [1.29, 1.82) is 5.26 Å². The predicted octanol–water partition coefficient (Wildman–Crippen LogP) is 6.51. The van der Waals surface area contributed by atoms with Crippen LogP contribution < -0.4 is 9.62 Å². The first-order valence-electron chi connectivity index (χ1n) is 11.3. The zero-order valence-electron chi connectivity index (χ0n) is 20.3. The van der Waals surface area contributed by atoms with Crippen LogP contribution in [0.5, 0.6) is 0 Å². The molecule has 1 aliphatic rings. The zero-order chi connectivity index (χ0) is 26.5. The maximum Gasteiger partial charge on any atom is 0.261 e. The van der Waals surface area contributed by atoms with E-state index in [4.69, 9.17) is 16.9 Å². The van der Waals surface area contributed by atoms with Crippen LogP contribution in [0.25, 0.3) is 0 Å². The minimum Gasteiger partial charge on any atom is -0.371 e. The van der Waals surface area contributed by atoms with Gasteiger partial charge in [-0.25, -0.2) is 12.8 Å². The second kappa shape index (κ2) is 11.9. The van der Waals surface area contributed by atoms with E-state index in [-0.39, 0.29) is 22.8 Å². The number of carbonyl (C=O) groups is 1. The standard InChI is InChI=1S/C24H24ClFN2O3S2.C2H3N/c1-15-13-20(25)19(16(2)23(15)28-10-3-4-11-28)14-22(29)24-21(9-12-32-24)27-33(30,31)18-7-5-17(26)6-8-18;1-2-3/h5-9,12-13,27H,3-4,10-11,14H2,1-2H3;1H3. The largest absolute Gasteiger partial charge is 0.371 e. The fraction of sp³-hybridized carbons (Fsp3) is 0.308. The fourth-order valence-electron chi connectivity index (χ4n) is 4.27. The van der Waals surface area contributed by atoms with Crippen LogP contribution >= 0.6 is 22.9 Å². The zero-order valence-corrected chi connectivity index (χ0v) is 22.7. The van der Waals surface area contributed by atoms with Crippen LogP contribution in [0.2, 0.25) is 5.02 Å². The molecule has 2 aromatic carbocycles. The highest BCUT2D eigenvalue weighted by molar-refractivity contribution is 7.92. The minimum absolute atomic E-state index is 0.0670. The van der Waals surface area contributed by atoms with Gasteiger partial charge in [-0.3, -0.25) is 9.52 Å². The summed E-state index contributed by atoms with van der Waals surface area (Å²) in [5, 5.41) is 9.51. The molecule has 0 radical (unpaired) electrons. The number of anilines is 2. The molecule has 36 heavy (non-hydrogen) atoms. The summed E-state index contributed by atoms with van der Waals surface area (Å²) in [6, 6.07) is 9.72. The molecule has 0 unspecified atom stereocenters. The molecule has 1 saturated heterocycles. The van der Waals surface area contributed by atoms with E-state index in [1.165, 1.54) is 30.4 Å². The van der Waals surface area contributed by atoms with Crippen molar-refractivity contribution in [2.75, 3.05) is 22.7 Å². The molecule has 1 aromatic heterocycles. The lowest BCUT2D eigenvalue weighted by atomic mass is 9.97. The van der Waals surface area contributed by atoms with Crippen LogP contribution in [0.1, 0.15) is 46.1 Å². The number of Topliss-reactive ketones (excluding diaryl/α,β-unsaturated/α-hetero) is 1. The highest BCUT2D eigenvalue weighted by Crippen LogP contribution is 2.36. The van der Waals surface area contributed by atoms with E-state index in [0.717, 1.165) is 60.4 Å². The molecule has 0 saturated carbocycles. The number of aryl methyl sites for hydroxylation is 1. The number of sulfonamides is 1.